The van der Waals surface area contributed by atoms with Crippen LogP contribution in [0.2, 0.25) is 0 Å². The van der Waals surface area contributed by atoms with E-state index < -0.39 is 11.6 Å². The first-order valence-corrected chi connectivity index (χ1v) is 11.7. The molecule has 2 fully saturated rings. The number of carbonyl (C=O) groups is 3. The predicted molar refractivity (Wildman–Crippen MR) is 123 cm³/mol. The minimum Gasteiger partial charge on any atom is -0.491 e. The van der Waals surface area contributed by atoms with E-state index in [1.165, 1.54) is 0 Å². The van der Waals surface area contributed by atoms with Crippen molar-refractivity contribution in [2.45, 2.75) is 84.9 Å². The second kappa shape index (κ2) is 9.51. The monoisotopic (exact) mass is 443 g/mol. The molecule has 1 aliphatic carbocycles. The highest BCUT2D eigenvalue weighted by Crippen LogP contribution is 2.45. The molecule has 7 heteroatoms. The van der Waals surface area contributed by atoms with Crippen LogP contribution in [0.4, 0.5) is 4.79 Å². The average Bonchev–Trinajstić information content (AvgIpc) is 2.97. The molecule has 0 atom stereocenters. The molecule has 2 aliphatic rings. The van der Waals surface area contributed by atoms with E-state index >= 15 is 0 Å². The Morgan fingerprint density at radius 1 is 1.22 bits per heavy atom. The third-order valence-corrected chi connectivity index (χ3v) is 7.19. The van der Waals surface area contributed by atoms with Gasteiger partial charge in [-0.1, -0.05) is 39.3 Å². The van der Waals surface area contributed by atoms with Gasteiger partial charge in [0.05, 0.1) is 6.10 Å². The normalized spacial score (nSPS) is 23.6. The van der Waals surface area contributed by atoms with E-state index in [0.29, 0.717) is 25.3 Å². The lowest BCUT2D eigenvalue weighted by Gasteiger charge is -2.42. The second-order valence-corrected chi connectivity index (χ2v) is 10.1. The van der Waals surface area contributed by atoms with Crippen molar-refractivity contribution in [3.05, 3.63) is 29.8 Å². The highest BCUT2D eigenvalue weighted by molar-refractivity contribution is 6.09. The maximum absolute atomic E-state index is 13.1. The van der Waals surface area contributed by atoms with Gasteiger partial charge in [-0.25, -0.2) is 4.79 Å². The fraction of sp³-hybridized carbons (Fsp3) is 0.640. The van der Waals surface area contributed by atoms with Crippen LogP contribution in [0.25, 0.3) is 0 Å². The number of carbonyl (C=O) groups excluding carboxylic acids is 3. The molecule has 0 aromatic heterocycles. The van der Waals surface area contributed by atoms with E-state index in [1.54, 1.807) is 0 Å². The maximum Gasteiger partial charge on any atom is 0.325 e. The summed E-state index contributed by atoms with van der Waals surface area (Å²) in [6, 6.07) is 7.03. The number of rotatable bonds is 8. The Bertz CT molecular complexity index is 839. The van der Waals surface area contributed by atoms with Gasteiger partial charge >= 0.3 is 6.03 Å². The van der Waals surface area contributed by atoms with E-state index in [9.17, 15) is 14.4 Å². The molecule has 3 rings (SSSR count). The number of hydrogen-bond acceptors (Lipinski definition) is 4. The Labute approximate surface area is 191 Å². The SMILES string of the molecule is CCC(C)(C)C1CCC2(CC1)NC(=O)N(CC(=O)NCc1ccc(OC(C)C)cc1)C2=O. The van der Waals surface area contributed by atoms with Gasteiger partial charge < -0.3 is 15.4 Å². The molecule has 0 radical (unpaired) electrons. The molecule has 176 valence electrons. The Morgan fingerprint density at radius 3 is 2.41 bits per heavy atom. The summed E-state index contributed by atoms with van der Waals surface area (Å²) in [5.74, 6) is 0.698. The van der Waals surface area contributed by atoms with Crippen molar-refractivity contribution in [3.8, 4) is 5.75 Å². The van der Waals surface area contributed by atoms with Gasteiger partial charge in [0.2, 0.25) is 5.91 Å². The van der Waals surface area contributed by atoms with Crippen molar-refractivity contribution in [1.82, 2.24) is 15.5 Å². The van der Waals surface area contributed by atoms with Crippen LogP contribution in [0.1, 0.15) is 72.3 Å². The first kappa shape index (κ1) is 24.1. The fourth-order valence-corrected chi connectivity index (χ4v) is 4.70. The van der Waals surface area contributed by atoms with Gasteiger partial charge in [-0.15, -0.1) is 0 Å². The van der Waals surface area contributed by atoms with Crippen LogP contribution in [0, 0.1) is 11.3 Å². The van der Waals surface area contributed by atoms with E-state index in [1.807, 2.05) is 38.1 Å². The third-order valence-electron chi connectivity index (χ3n) is 7.19. The summed E-state index contributed by atoms with van der Waals surface area (Å²) in [4.78, 5) is 39.2. The molecule has 0 unspecified atom stereocenters. The molecule has 1 heterocycles. The summed E-state index contributed by atoms with van der Waals surface area (Å²) >= 11 is 0. The molecule has 32 heavy (non-hydrogen) atoms. The summed E-state index contributed by atoms with van der Waals surface area (Å²) in [7, 11) is 0. The molecule has 7 nitrogen and oxygen atoms in total. The molecular formula is C25H37N3O4. The molecule has 0 bridgehead atoms. The number of urea groups is 1. The molecular weight excluding hydrogens is 406 g/mol. The highest BCUT2D eigenvalue weighted by Gasteiger charge is 2.53. The van der Waals surface area contributed by atoms with Crippen LogP contribution in [0.3, 0.4) is 0 Å². The number of nitrogens with zero attached hydrogens (tertiary/aromatic N) is 1. The average molecular weight is 444 g/mol. The lowest BCUT2D eigenvalue weighted by Crippen LogP contribution is -2.51. The molecule has 1 saturated heterocycles. The van der Waals surface area contributed by atoms with Crippen molar-refractivity contribution in [2.24, 2.45) is 11.3 Å². The number of hydrogen-bond donors (Lipinski definition) is 2. The van der Waals surface area contributed by atoms with Gasteiger partial charge in [-0.05, 0) is 68.6 Å². The van der Waals surface area contributed by atoms with Crippen LogP contribution in [-0.4, -0.2) is 40.9 Å². The van der Waals surface area contributed by atoms with Gasteiger partial charge in [-0.2, -0.15) is 0 Å². The van der Waals surface area contributed by atoms with E-state index in [-0.39, 0.29) is 29.9 Å². The number of benzene rings is 1. The van der Waals surface area contributed by atoms with Crippen LogP contribution in [0.5, 0.6) is 5.75 Å². The number of amides is 4. The van der Waals surface area contributed by atoms with Crippen LogP contribution >= 0.6 is 0 Å². The quantitative estimate of drug-likeness (QED) is 0.595. The molecule has 1 aliphatic heterocycles. The Kier molecular flexibility index (Phi) is 7.16. The van der Waals surface area contributed by atoms with Gasteiger partial charge in [0, 0.05) is 6.54 Å². The number of ether oxygens (including phenoxy) is 1. The van der Waals surface area contributed by atoms with Crippen molar-refractivity contribution >= 4 is 17.8 Å². The van der Waals surface area contributed by atoms with Gasteiger partial charge in [0.15, 0.2) is 0 Å². The minimum atomic E-state index is -0.843. The zero-order valence-corrected chi connectivity index (χ0v) is 20.0. The summed E-state index contributed by atoms with van der Waals surface area (Å²) in [5.41, 5.74) is 0.301. The maximum atomic E-state index is 13.1. The third kappa shape index (κ3) is 5.25. The van der Waals surface area contributed by atoms with Gasteiger partial charge in [0.25, 0.3) is 5.91 Å². The van der Waals surface area contributed by atoms with Crippen molar-refractivity contribution in [1.29, 1.82) is 0 Å². The molecule has 1 spiro atoms. The van der Waals surface area contributed by atoms with Crippen molar-refractivity contribution < 1.29 is 19.1 Å². The summed E-state index contributed by atoms with van der Waals surface area (Å²) in [6.45, 7) is 10.7. The van der Waals surface area contributed by atoms with Crippen LogP contribution in [0.15, 0.2) is 24.3 Å². The largest absolute Gasteiger partial charge is 0.491 e. The topological polar surface area (TPSA) is 87.7 Å². The summed E-state index contributed by atoms with van der Waals surface area (Å²) < 4.78 is 5.62. The molecule has 1 aromatic rings. The van der Waals surface area contributed by atoms with Crippen molar-refractivity contribution in [3.63, 3.8) is 0 Å². The zero-order valence-electron chi connectivity index (χ0n) is 20.0. The Balaban J connectivity index is 1.52. The second-order valence-electron chi connectivity index (χ2n) is 10.1. The lowest BCUT2D eigenvalue weighted by molar-refractivity contribution is -0.136. The molecule has 1 saturated carbocycles. The van der Waals surface area contributed by atoms with Gasteiger partial charge in [-0.3, -0.25) is 14.5 Å². The first-order valence-electron chi connectivity index (χ1n) is 11.7. The van der Waals surface area contributed by atoms with Gasteiger partial charge in [0.1, 0.15) is 17.8 Å². The molecule has 1 aromatic carbocycles. The lowest BCUT2D eigenvalue weighted by atomic mass is 9.65. The first-order chi connectivity index (χ1) is 15.1. The number of nitrogens with one attached hydrogen (secondary N) is 2. The molecule has 4 amide bonds. The standard InChI is InChI=1S/C25H37N3O4/c1-6-24(4,5)19-11-13-25(14-12-19)22(30)28(23(31)27-25)16-21(29)26-15-18-7-9-20(10-8-18)32-17(2)3/h7-10,17,19H,6,11-16H2,1-5H3,(H,26,29)(H,27,31). The summed E-state index contributed by atoms with van der Waals surface area (Å²) in [5, 5.41) is 5.70. The van der Waals surface area contributed by atoms with E-state index in [4.69, 9.17) is 4.74 Å². The summed E-state index contributed by atoms with van der Waals surface area (Å²) in [6.07, 6.45) is 4.27. The predicted octanol–water partition coefficient (Wildman–Crippen LogP) is 4.01. The van der Waals surface area contributed by atoms with Crippen molar-refractivity contribution in [2.75, 3.05) is 6.54 Å². The van der Waals surface area contributed by atoms with Crippen LogP contribution in [-0.2, 0) is 16.1 Å². The zero-order chi connectivity index (χ0) is 23.5. The Morgan fingerprint density at radius 2 is 1.84 bits per heavy atom. The minimum absolute atomic E-state index is 0.0983. The Hall–Kier alpha value is -2.57. The smallest absolute Gasteiger partial charge is 0.325 e. The molecule has 2 N–H and O–H groups in total. The van der Waals surface area contributed by atoms with E-state index in [0.717, 1.165) is 35.5 Å². The van der Waals surface area contributed by atoms with Crippen LogP contribution < -0.4 is 15.4 Å². The van der Waals surface area contributed by atoms with E-state index in [2.05, 4.69) is 31.4 Å². The fourth-order valence-electron chi connectivity index (χ4n) is 4.70. The number of imide groups is 1. The highest BCUT2D eigenvalue weighted by atomic mass is 16.5.